The number of hydrogen-bond acceptors (Lipinski definition) is 7. The molecule has 112 valence electrons. The van der Waals surface area contributed by atoms with Gasteiger partial charge in [-0.1, -0.05) is 0 Å². The maximum atomic E-state index is 12.0. The Balaban J connectivity index is 2.16. The number of nitrogens with zero attached hydrogens (tertiary/aromatic N) is 3. The molecule has 1 aliphatic rings. The van der Waals surface area contributed by atoms with Crippen LogP contribution in [0.1, 0.15) is 11.5 Å². The van der Waals surface area contributed by atoms with Crippen LogP contribution in [0.25, 0.3) is 6.08 Å². The first-order chi connectivity index (χ1) is 9.76. The minimum atomic E-state index is -4.76. The van der Waals surface area contributed by atoms with E-state index < -0.39 is 25.7 Å². The highest BCUT2D eigenvalue weighted by atomic mass is 32.2. The molecule has 0 radical (unpaired) electrons. The molecule has 0 atom stereocenters. The minimum Gasteiger partial charge on any atom is -0.303 e. The van der Waals surface area contributed by atoms with Gasteiger partial charge in [0, 0.05) is 6.20 Å². The zero-order chi connectivity index (χ0) is 15.6. The molecule has 2 rings (SSSR count). The van der Waals surface area contributed by atoms with Crippen molar-refractivity contribution >= 4 is 36.8 Å². The number of aryl methyl sites for hydroxylation is 1. The second-order valence-corrected chi connectivity index (χ2v) is 6.12. The third kappa shape index (κ3) is 4.19. The molecule has 9 nitrogen and oxygen atoms in total. The Morgan fingerprint density at radius 1 is 1.48 bits per heavy atom. The number of hydrogen-bond donors (Lipinski definition) is 2. The topological polar surface area (TPSA) is 130 Å². The monoisotopic (exact) mass is 331 g/mol. The molecular weight excluding hydrogens is 321 g/mol. The standard InChI is InChI=1S/C10H10N3O6PS/c1-6-11-3-2-7(12-6)4-8-9(14)13(10(15)21-8)5-19-20(16,17)18/h2-4H,5H2,1H3,(H2,16,17,18)/b8-4-. The summed E-state index contributed by atoms with van der Waals surface area (Å²) in [6, 6.07) is 1.56. The second-order valence-electron chi connectivity index (χ2n) is 3.89. The highest BCUT2D eigenvalue weighted by Crippen LogP contribution is 2.38. The molecule has 2 N–H and O–H groups in total. The third-order valence-electron chi connectivity index (χ3n) is 2.31. The van der Waals surface area contributed by atoms with E-state index in [2.05, 4.69) is 14.5 Å². The SMILES string of the molecule is Cc1nccc(/C=C2\SC(=O)N(COP(=O)(O)O)C2=O)n1. The Hall–Kier alpha value is -1.58. The summed E-state index contributed by atoms with van der Waals surface area (Å²) in [5, 5.41) is -0.675. The fourth-order valence-electron chi connectivity index (χ4n) is 1.43. The van der Waals surface area contributed by atoms with Gasteiger partial charge in [0.1, 0.15) is 12.6 Å². The summed E-state index contributed by atoms with van der Waals surface area (Å²) in [5.41, 5.74) is 0.448. The number of carbonyl (C=O) groups excluding carboxylic acids is 2. The van der Waals surface area contributed by atoms with E-state index in [1.54, 1.807) is 13.0 Å². The normalized spacial score (nSPS) is 17.9. The predicted molar refractivity (Wildman–Crippen MR) is 72.6 cm³/mol. The van der Waals surface area contributed by atoms with E-state index in [4.69, 9.17) is 9.79 Å². The lowest BCUT2D eigenvalue weighted by molar-refractivity contribution is -0.124. The van der Waals surface area contributed by atoms with Crippen LogP contribution in [-0.2, 0) is 13.9 Å². The van der Waals surface area contributed by atoms with E-state index in [1.807, 2.05) is 0 Å². The molecular formula is C10H10N3O6PS. The number of carbonyl (C=O) groups is 2. The molecule has 0 aromatic carbocycles. The van der Waals surface area contributed by atoms with Gasteiger partial charge in [-0.2, -0.15) is 0 Å². The van der Waals surface area contributed by atoms with Gasteiger partial charge in [-0.3, -0.25) is 14.1 Å². The highest BCUT2D eigenvalue weighted by Gasteiger charge is 2.36. The maximum Gasteiger partial charge on any atom is 0.471 e. The number of rotatable bonds is 4. The van der Waals surface area contributed by atoms with Gasteiger partial charge in [0.2, 0.25) is 0 Å². The summed E-state index contributed by atoms with van der Waals surface area (Å²) in [5.74, 6) is -0.192. The predicted octanol–water partition coefficient (Wildman–Crippen LogP) is 0.888. The van der Waals surface area contributed by atoms with Crippen LogP contribution in [0.15, 0.2) is 17.2 Å². The molecule has 1 aromatic rings. The third-order valence-corrected chi connectivity index (χ3v) is 3.66. The summed E-state index contributed by atoms with van der Waals surface area (Å²) < 4.78 is 14.8. The first-order valence-corrected chi connectivity index (χ1v) is 7.86. The van der Waals surface area contributed by atoms with Crippen molar-refractivity contribution in [2.45, 2.75) is 6.92 Å². The average molecular weight is 331 g/mol. The molecule has 0 spiro atoms. The number of aromatic nitrogens is 2. The van der Waals surface area contributed by atoms with E-state index >= 15 is 0 Å². The van der Waals surface area contributed by atoms with E-state index in [0.717, 1.165) is 0 Å². The molecule has 0 bridgehead atoms. The highest BCUT2D eigenvalue weighted by molar-refractivity contribution is 8.18. The number of imide groups is 1. The molecule has 0 saturated carbocycles. The zero-order valence-corrected chi connectivity index (χ0v) is 12.4. The van der Waals surface area contributed by atoms with E-state index in [0.29, 0.717) is 28.2 Å². The Labute approximate surface area is 123 Å². The molecule has 2 amide bonds. The molecule has 1 aromatic heterocycles. The van der Waals surface area contributed by atoms with Gasteiger partial charge < -0.3 is 9.79 Å². The molecule has 1 saturated heterocycles. The molecule has 11 heteroatoms. The number of thioether (sulfide) groups is 1. The van der Waals surface area contributed by atoms with Crippen LogP contribution in [0.2, 0.25) is 0 Å². The van der Waals surface area contributed by atoms with Crippen molar-refractivity contribution in [1.29, 1.82) is 0 Å². The lowest BCUT2D eigenvalue weighted by Gasteiger charge is -2.12. The van der Waals surface area contributed by atoms with Crippen LogP contribution in [0.3, 0.4) is 0 Å². The number of phosphoric acid groups is 1. The smallest absolute Gasteiger partial charge is 0.303 e. The Kier molecular flexibility index (Phi) is 4.55. The van der Waals surface area contributed by atoms with Crippen molar-refractivity contribution in [2.24, 2.45) is 0 Å². The van der Waals surface area contributed by atoms with Crippen LogP contribution < -0.4 is 0 Å². The zero-order valence-electron chi connectivity index (χ0n) is 10.7. The van der Waals surface area contributed by atoms with Gasteiger partial charge >= 0.3 is 7.82 Å². The van der Waals surface area contributed by atoms with E-state index in [9.17, 15) is 14.2 Å². The molecule has 21 heavy (non-hydrogen) atoms. The largest absolute Gasteiger partial charge is 0.471 e. The summed E-state index contributed by atoms with van der Waals surface area (Å²) in [4.78, 5) is 49.4. The summed E-state index contributed by atoms with van der Waals surface area (Å²) in [7, 11) is -4.76. The maximum absolute atomic E-state index is 12.0. The van der Waals surface area contributed by atoms with Gasteiger partial charge in [0.25, 0.3) is 11.1 Å². The van der Waals surface area contributed by atoms with Crippen LogP contribution >= 0.6 is 19.6 Å². The molecule has 0 aliphatic carbocycles. The van der Waals surface area contributed by atoms with Gasteiger partial charge in [-0.15, -0.1) is 0 Å². The first-order valence-electron chi connectivity index (χ1n) is 5.51. The van der Waals surface area contributed by atoms with Crippen LogP contribution in [0.5, 0.6) is 0 Å². The van der Waals surface area contributed by atoms with Crippen LogP contribution in [0.4, 0.5) is 4.79 Å². The minimum absolute atomic E-state index is 0.0902. The van der Waals surface area contributed by atoms with Crippen molar-refractivity contribution in [2.75, 3.05) is 6.73 Å². The van der Waals surface area contributed by atoms with Crippen molar-refractivity contribution in [3.63, 3.8) is 0 Å². The lowest BCUT2D eigenvalue weighted by atomic mass is 10.3. The fraction of sp³-hybridized carbons (Fsp3) is 0.200. The van der Waals surface area contributed by atoms with Crippen LogP contribution in [0, 0.1) is 6.92 Å². The van der Waals surface area contributed by atoms with Gasteiger partial charge in [0.05, 0.1) is 10.6 Å². The number of amides is 2. The second kappa shape index (κ2) is 6.04. The van der Waals surface area contributed by atoms with Gasteiger partial charge in [0.15, 0.2) is 0 Å². The van der Waals surface area contributed by atoms with Crippen molar-refractivity contribution in [3.05, 3.63) is 28.7 Å². The van der Waals surface area contributed by atoms with Crippen LogP contribution in [-0.4, -0.2) is 42.5 Å². The Bertz CT molecular complexity index is 673. The fourth-order valence-corrected chi connectivity index (χ4v) is 2.51. The molecule has 2 heterocycles. The molecule has 0 unspecified atom stereocenters. The summed E-state index contributed by atoms with van der Waals surface area (Å²) in [6.45, 7) is 0.867. The quantitative estimate of drug-likeness (QED) is 0.610. The summed E-state index contributed by atoms with van der Waals surface area (Å²) in [6.07, 6.45) is 2.91. The van der Waals surface area contributed by atoms with Crippen molar-refractivity contribution < 1.29 is 28.5 Å². The first kappa shape index (κ1) is 15.8. The van der Waals surface area contributed by atoms with Gasteiger partial charge in [-0.05, 0) is 30.8 Å². The van der Waals surface area contributed by atoms with Crippen molar-refractivity contribution in [3.8, 4) is 0 Å². The van der Waals surface area contributed by atoms with E-state index in [1.165, 1.54) is 12.3 Å². The average Bonchev–Trinajstić information content (AvgIpc) is 2.61. The molecule has 1 fully saturated rings. The lowest BCUT2D eigenvalue weighted by Crippen LogP contribution is -2.30. The van der Waals surface area contributed by atoms with E-state index in [-0.39, 0.29) is 4.91 Å². The Morgan fingerprint density at radius 2 is 2.19 bits per heavy atom. The Morgan fingerprint density at radius 3 is 2.81 bits per heavy atom. The molecule has 1 aliphatic heterocycles. The summed E-state index contributed by atoms with van der Waals surface area (Å²) >= 11 is 0.638. The van der Waals surface area contributed by atoms with Crippen molar-refractivity contribution in [1.82, 2.24) is 14.9 Å². The number of phosphoric ester groups is 1. The van der Waals surface area contributed by atoms with Gasteiger partial charge in [-0.25, -0.2) is 19.4 Å².